The van der Waals surface area contributed by atoms with Gasteiger partial charge in [0.25, 0.3) is 0 Å². The summed E-state index contributed by atoms with van der Waals surface area (Å²) in [4.78, 5) is 0. The van der Waals surface area contributed by atoms with Crippen molar-refractivity contribution in [2.45, 2.75) is 39.2 Å². The van der Waals surface area contributed by atoms with E-state index in [2.05, 4.69) is 19.2 Å². The molecule has 3 N–H and O–H groups in total. The summed E-state index contributed by atoms with van der Waals surface area (Å²) < 4.78 is 0. The van der Waals surface area contributed by atoms with Gasteiger partial charge in [-0.15, -0.1) is 0 Å². The van der Waals surface area contributed by atoms with Crippen molar-refractivity contribution in [3.8, 4) is 0 Å². The lowest BCUT2D eigenvalue weighted by Gasteiger charge is -2.30. The summed E-state index contributed by atoms with van der Waals surface area (Å²) in [5.41, 5.74) is 5.59. The average Bonchev–Trinajstić information content (AvgIpc) is 2.05. The van der Waals surface area contributed by atoms with Crippen molar-refractivity contribution in [1.29, 1.82) is 0 Å². The van der Waals surface area contributed by atoms with Crippen LogP contribution in [-0.2, 0) is 0 Å². The lowest BCUT2D eigenvalue weighted by molar-refractivity contribution is 0.278. The standard InChI is InChI=1S/C10H22N2/c1-8(2)5-9-3-4-10(6-11)12-7-9/h8-10,12H,3-7,11H2,1-2H3. The molecule has 1 saturated heterocycles. The van der Waals surface area contributed by atoms with Gasteiger partial charge in [-0.25, -0.2) is 0 Å². The van der Waals surface area contributed by atoms with Gasteiger partial charge in [-0.3, -0.25) is 0 Å². The molecule has 1 aliphatic rings. The third kappa shape index (κ3) is 3.11. The lowest BCUT2D eigenvalue weighted by Crippen LogP contribution is -2.43. The van der Waals surface area contributed by atoms with Crippen LogP contribution in [0.5, 0.6) is 0 Å². The maximum absolute atomic E-state index is 5.59. The molecule has 0 radical (unpaired) electrons. The number of nitrogens with one attached hydrogen (secondary N) is 1. The number of rotatable bonds is 3. The second-order valence-corrected chi connectivity index (χ2v) is 4.41. The van der Waals surface area contributed by atoms with E-state index in [-0.39, 0.29) is 0 Å². The fraction of sp³-hybridized carbons (Fsp3) is 1.00. The molecule has 1 aliphatic heterocycles. The molecule has 0 bridgehead atoms. The summed E-state index contributed by atoms with van der Waals surface area (Å²) in [6.07, 6.45) is 4.01. The minimum atomic E-state index is 0.591. The molecule has 0 spiro atoms. The fourth-order valence-corrected chi connectivity index (χ4v) is 2.04. The zero-order valence-corrected chi connectivity index (χ0v) is 8.34. The molecule has 2 unspecified atom stereocenters. The highest BCUT2D eigenvalue weighted by Gasteiger charge is 2.19. The van der Waals surface area contributed by atoms with E-state index in [0.717, 1.165) is 18.4 Å². The minimum Gasteiger partial charge on any atom is -0.329 e. The van der Waals surface area contributed by atoms with Gasteiger partial charge in [-0.2, -0.15) is 0 Å². The first-order valence-electron chi connectivity index (χ1n) is 5.15. The molecule has 1 rings (SSSR count). The second-order valence-electron chi connectivity index (χ2n) is 4.41. The zero-order valence-electron chi connectivity index (χ0n) is 8.34. The topological polar surface area (TPSA) is 38.0 Å². The van der Waals surface area contributed by atoms with Crippen molar-refractivity contribution in [2.24, 2.45) is 17.6 Å². The van der Waals surface area contributed by atoms with E-state index < -0.39 is 0 Å². The third-order valence-corrected chi connectivity index (χ3v) is 2.71. The van der Waals surface area contributed by atoms with Crippen molar-refractivity contribution in [3.63, 3.8) is 0 Å². The Morgan fingerprint density at radius 2 is 2.17 bits per heavy atom. The number of nitrogens with two attached hydrogens (primary N) is 1. The molecule has 2 atom stereocenters. The molecule has 0 saturated carbocycles. The summed E-state index contributed by atoms with van der Waals surface area (Å²) in [6, 6.07) is 0.591. The Morgan fingerprint density at radius 3 is 2.58 bits per heavy atom. The van der Waals surface area contributed by atoms with Crippen LogP contribution in [0.2, 0.25) is 0 Å². The summed E-state index contributed by atoms with van der Waals surface area (Å²) in [6.45, 7) is 6.58. The SMILES string of the molecule is CC(C)CC1CCC(CN)NC1. The molecule has 1 fully saturated rings. The Labute approximate surface area is 75.9 Å². The summed E-state index contributed by atoms with van der Waals surface area (Å²) in [5, 5.41) is 3.50. The minimum absolute atomic E-state index is 0.591. The van der Waals surface area contributed by atoms with Gasteiger partial charge < -0.3 is 11.1 Å². The largest absolute Gasteiger partial charge is 0.329 e. The maximum Gasteiger partial charge on any atom is 0.0190 e. The predicted octanol–water partition coefficient (Wildman–Crippen LogP) is 1.36. The molecule has 0 amide bonds. The monoisotopic (exact) mass is 170 g/mol. The van der Waals surface area contributed by atoms with Gasteiger partial charge in [-0.05, 0) is 37.6 Å². The summed E-state index contributed by atoms with van der Waals surface area (Å²) in [7, 11) is 0. The molecule has 0 aromatic rings. The Hall–Kier alpha value is -0.0800. The molecule has 72 valence electrons. The lowest BCUT2D eigenvalue weighted by atomic mass is 9.88. The van der Waals surface area contributed by atoms with Gasteiger partial charge in [0.05, 0.1) is 0 Å². The van der Waals surface area contributed by atoms with Crippen molar-refractivity contribution < 1.29 is 0 Å². The highest BCUT2D eigenvalue weighted by Crippen LogP contribution is 2.20. The average molecular weight is 170 g/mol. The molecule has 0 aromatic carbocycles. The van der Waals surface area contributed by atoms with Crippen LogP contribution in [0.15, 0.2) is 0 Å². The van der Waals surface area contributed by atoms with Crippen LogP contribution in [0, 0.1) is 11.8 Å². The van der Waals surface area contributed by atoms with E-state index in [9.17, 15) is 0 Å². The van der Waals surface area contributed by atoms with Crippen molar-refractivity contribution in [2.75, 3.05) is 13.1 Å². The van der Waals surface area contributed by atoms with E-state index in [1.807, 2.05) is 0 Å². The normalized spacial score (nSPS) is 31.0. The molecule has 0 aromatic heterocycles. The molecule has 2 heteroatoms. The summed E-state index contributed by atoms with van der Waals surface area (Å²) in [5.74, 6) is 1.74. The predicted molar refractivity (Wildman–Crippen MR) is 53.0 cm³/mol. The van der Waals surface area contributed by atoms with Crippen LogP contribution in [0.4, 0.5) is 0 Å². The van der Waals surface area contributed by atoms with E-state index in [0.29, 0.717) is 6.04 Å². The van der Waals surface area contributed by atoms with Crippen LogP contribution < -0.4 is 11.1 Å². The van der Waals surface area contributed by atoms with Gasteiger partial charge in [-0.1, -0.05) is 13.8 Å². The molecule has 12 heavy (non-hydrogen) atoms. The second kappa shape index (κ2) is 4.83. The summed E-state index contributed by atoms with van der Waals surface area (Å²) >= 11 is 0. The Balaban J connectivity index is 2.17. The number of hydrogen-bond acceptors (Lipinski definition) is 2. The van der Waals surface area contributed by atoms with Gasteiger partial charge in [0.1, 0.15) is 0 Å². The molecule has 1 heterocycles. The van der Waals surface area contributed by atoms with E-state index in [4.69, 9.17) is 5.73 Å². The highest BCUT2D eigenvalue weighted by atomic mass is 14.9. The first-order valence-corrected chi connectivity index (χ1v) is 5.15. The molecular formula is C10H22N2. The van der Waals surface area contributed by atoms with Crippen LogP contribution in [-0.4, -0.2) is 19.1 Å². The first-order chi connectivity index (χ1) is 5.72. The molecule has 0 aliphatic carbocycles. The van der Waals surface area contributed by atoms with Crippen LogP contribution in [0.1, 0.15) is 33.1 Å². The van der Waals surface area contributed by atoms with Gasteiger partial charge in [0.15, 0.2) is 0 Å². The van der Waals surface area contributed by atoms with E-state index >= 15 is 0 Å². The Bertz CT molecular complexity index is 115. The Kier molecular flexibility index (Phi) is 4.02. The molecule has 2 nitrogen and oxygen atoms in total. The van der Waals surface area contributed by atoms with Crippen molar-refractivity contribution in [1.82, 2.24) is 5.32 Å². The molecular weight excluding hydrogens is 148 g/mol. The van der Waals surface area contributed by atoms with Gasteiger partial charge in [0.2, 0.25) is 0 Å². The number of piperidine rings is 1. The Morgan fingerprint density at radius 1 is 1.42 bits per heavy atom. The van der Waals surface area contributed by atoms with Crippen LogP contribution in [0.3, 0.4) is 0 Å². The van der Waals surface area contributed by atoms with Crippen LogP contribution in [0.25, 0.3) is 0 Å². The maximum atomic E-state index is 5.59. The van der Waals surface area contributed by atoms with Gasteiger partial charge in [0, 0.05) is 12.6 Å². The van der Waals surface area contributed by atoms with Crippen molar-refractivity contribution >= 4 is 0 Å². The van der Waals surface area contributed by atoms with Crippen molar-refractivity contribution in [3.05, 3.63) is 0 Å². The van der Waals surface area contributed by atoms with Crippen LogP contribution >= 0.6 is 0 Å². The van der Waals surface area contributed by atoms with E-state index in [1.54, 1.807) is 0 Å². The zero-order chi connectivity index (χ0) is 8.97. The number of hydrogen-bond donors (Lipinski definition) is 2. The first kappa shape index (κ1) is 10.0. The highest BCUT2D eigenvalue weighted by molar-refractivity contribution is 4.78. The fourth-order valence-electron chi connectivity index (χ4n) is 2.04. The third-order valence-electron chi connectivity index (χ3n) is 2.71. The van der Waals surface area contributed by atoms with E-state index in [1.165, 1.54) is 25.8 Å². The smallest absolute Gasteiger partial charge is 0.0190 e. The van der Waals surface area contributed by atoms with Gasteiger partial charge >= 0.3 is 0 Å². The quantitative estimate of drug-likeness (QED) is 0.671.